The molecule has 8 nitrogen and oxygen atoms in total. The van der Waals surface area contributed by atoms with Crippen molar-refractivity contribution in [3.63, 3.8) is 0 Å². The predicted octanol–water partition coefficient (Wildman–Crippen LogP) is 8.16. The van der Waals surface area contributed by atoms with Crippen molar-refractivity contribution in [3.8, 4) is 5.75 Å². The molecule has 0 saturated carbocycles. The highest BCUT2D eigenvalue weighted by atomic mass is 127. The number of halogens is 1. The highest BCUT2D eigenvalue weighted by Gasteiger charge is 2.42. The second kappa shape index (κ2) is 17.1. The number of hydrogen-bond donors (Lipinski definition) is 2. The van der Waals surface area contributed by atoms with E-state index >= 15 is 0 Å². The van der Waals surface area contributed by atoms with E-state index in [0.29, 0.717) is 50.3 Å². The number of rotatable bonds is 18. The van der Waals surface area contributed by atoms with Gasteiger partial charge in [0.05, 0.1) is 43.6 Å². The lowest BCUT2D eigenvalue weighted by atomic mass is 9.79. The Bertz CT molecular complexity index is 1030. The minimum Gasteiger partial charge on any atom is -0.491 e. The van der Waals surface area contributed by atoms with E-state index in [1.165, 1.54) is 0 Å². The lowest BCUT2D eigenvalue weighted by molar-refractivity contribution is 0.0308. The zero-order valence-corrected chi connectivity index (χ0v) is 28.1. The normalized spacial score (nSPS) is 16.6. The highest BCUT2D eigenvalue weighted by molar-refractivity contribution is 14.1. The van der Waals surface area contributed by atoms with E-state index in [1.54, 1.807) is 0 Å². The Morgan fingerprint density at radius 1 is 0.878 bits per heavy atom. The van der Waals surface area contributed by atoms with Crippen LogP contribution in [0.5, 0.6) is 5.75 Å². The Kier molecular flexibility index (Phi) is 14.3. The van der Waals surface area contributed by atoms with Crippen molar-refractivity contribution in [3.05, 3.63) is 42.5 Å². The van der Waals surface area contributed by atoms with Crippen molar-refractivity contribution < 1.29 is 26.4 Å². The number of benzene rings is 2. The Labute approximate surface area is 262 Å². The maximum Gasteiger partial charge on any atom is 0.119 e. The maximum atomic E-state index is 11.6. The van der Waals surface area contributed by atoms with Crippen LogP contribution in [0.1, 0.15) is 52.4 Å². The van der Waals surface area contributed by atoms with E-state index in [0.717, 1.165) is 67.9 Å². The minimum absolute atomic E-state index is 0.193. The van der Waals surface area contributed by atoms with E-state index < -0.39 is 10.6 Å². The smallest absolute Gasteiger partial charge is 0.119 e. The summed E-state index contributed by atoms with van der Waals surface area (Å²) in [5.74, 6) is 1.18. The number of hydrogen-bond acceptors (Lipinski definition) is 8. The molecule has 0 amide bonds. The van der Waals surface area contributed by atoms with Gasteiger partial charge in [-0.2, -0.15) is 10.6 Å². The fourth-order valence-corrected chi connectivity index (χ4v) is 7.72. The van der Waals surface area contributed by atoms with Gasteiger partial charge in [-0.1, -0.05) is 39.5 Å². The summed E-state index contributed by atoms with van der Waals surface area (Å²) in [4.78, 5) is 5.01. The van der Waals surface area contributed by atoms with E-state index in [2.05, 4.69) is 41.8 Å². The van der Waals surface area contributed by atoms with Gasteiger partial charge in [-0.15, -0.1) is 0 Å². The molecule has 0 unspecified atom stereocenters. The van der Waals surface area contributed by atoms with Crippen LogP contribution in [0.3, 0.4) is 0 Å². The summed E-state index contributed by atoms with van der Waals surface area (Å²) in [6.07, 6.45) is 6.26. The molecule has 0 atom stereocenters. The van der Waals surface area contributed by atoms with Crippen LogP contribution in [-0.2, 0) is 12.5 Å². The molecule has 2 aromatic carbocycles. The van der Waals surface area contributed by atoms with Crippen LogP contribution in [0.4, 0.5) is 17.1 Å². The SMILES string of the molecule is CCCCC1(CCCC)CN(c2ccc(OCCOCCOCCOI)cc2)c2cc(N(C)C)ccc2S(O)(O)C1. The molecule has 3 rings (SSSR count). The molecule has 0 radical (unpaired) electrons. The summed E-state index contributed by atoms with van der Waals surface area (Å²) in [7, 11) is 1.04. The summed E-state index contributed by atoms with van der Waals surface area (Å²) in [5, 5.41) is 0. The zero-order chi connectivity index (χ0) is 29.7. The molecule has 2 aromatic rings. The second-order valence-corrected chi connectivity index (χ2v) is 13.7. The van der Waals surface area contributed by atoms with Gasteiger partial charge in [0.15, 0.2) is 0 Å². The molecule has 0 aliphatic carbocycles. The van der Waals surface area contributed by atoms with Gasteiger partial charge in [0.2, 0.25) is 0 Å². The van der Waals surface area contributed by atoms with Crippen molar-refractivity contribution in [1.82, 2.24) is 0 Å². The maximum absolute atomic E-state index is 11.6. The van der Waals surface area contributed by atoms with Crippen molar-refractivity contribution in [2.75, 3.05) is 75.8 Å². The summed E-state index contributed by atoms with van der Waals surface area (Å²) in [5.41, 5.74) is 2.73. The molecular weight excluding hydrogens is 655 g/mol. The van der Waals surface area contributed by atoms with Gasteiger partial charge in [-0.25, -0.2) is 0 Å². The molecule has 0 bridgehead atoms. The van der Waals surface area contributed by atoms with Crippen LogP contribution >= 0.6 is 33.6 Å². The standard InChI is InChI=1S/C31H49IN2O6S/c1-5-7-15-31(16-8-6-2)24-34(29-23-27(33(3)4)11-14-30(29)41(35,36)25-31)26-9-12-28(13-10-26)39-21-19-37-17-18-38-20-22-40-32/h9-14,23,35-36H,5-8,15-22,24-25H2,1-4H3. The molecule has 1 heterocycles. The molecule has 0 fully saturated rings. The second-order valence-electron chi connectivity index (χ2n) is 11.0. The van der Waals surface area contributed by atoms with Crippen LogP contribution in [-0.4, -0.2) is 75.1 Å². The van der Waals surface area contributed by atoms with Gasteiger partial charge in [0.25, 0.3) is 0 Å². The van der Waals surface area contributed by atoms with Crippen LogP contribution in [0.25, 0.3) is 0 Å². The Morgan fingerprint density at radius 3 is 2.07 bits per heavy atom. The molecule has 0 aromatic heterocycles. The van der Waals surface area contributed by atoms with E-state index in [4.69, 9.17) is 17.3 Å². The van der Waals surface area contributed by atoms with Crippen molar-refractivity contribution in [2.45, 2.75) is 57.3 Å². The van der Waals surface area contributed by atoms with Crippen molar-refractivity contribution in [1.29, 1.82) is 0 Å². The van der Waals surface area contributed by atoms with Crippen LogP contribution in [0.2, 0.25) is 0 Å². The van der Waals surface area contributed by atoms with E-state index in [9.17, 15) is 9.11 Å². The largest absolute Gasteiger partial charge is 0.491 e. The van der Waals surface area contributed by atoms with Crippen LogP contribution in [0.15, 0.2) is 47.4 Å². The number of unbranched alkanes of at least 4 members (excludes halogenated alkanes) is 2. The summed E-state index contributed by atoms with van der Waals surface area (Å²) < 4.78 is 45.1. The van der Waals surface area contributed by atoms with Crippen LogP contribution < -0.4 is 14.5 Å². The monoisotopic (exact) mass is 704 g/mol. The van der Waals surface area contributed by atoms with E-state index in [1.807, 2.05) is 61.4 Å². The first-order chi connectivity index (χ1) is 19.7. The molecule has 2 N–H and O–H groups in total. The average Bonchev–Trinajstić information content (AvgIpc) is 3.06. The quantitative estimate of drug-likeness (QED) is 0.119. The van der Waals surface area contributed by atoms with Gasteiger partial charge in [-0.3, -0.25) is 9.11 Å². The van der Waals surface area contributed by atoms with Crippen LogP contribution in [0, 0.1) is 5.41 Å². The number of fused-ring (bicyclic) bond motifs is 1. The van der Waals surface area contributed by atoms with Gasteiger partial charge in [0, 0.05) is 43.2 Å². The third-order valence-electron chi connectivity index (χ3n) is 7.55. The van der Waals surface area contributed by atoms with Gasteiger partial charge in [0.1, 0.15) is 35.4 Å². The third kappa shape index (κ3) is 10.1. The Morgan fingerprint density at radius 2 is 1.49 bits per heavy atom. The molecule has 0 saturated heterocycles. The molecule has 10 heteroatoms. The number of anilines is 3. The number of nitrogens with zero attached hydrogens (tertiary/aromatic N) is 2. The Hall–Kier alpha value is -1.28. The van der Waals surface area contributed by atoms with E-state index in [-0.39, 0.29) is 5.41 Å². The molecule has 232 valence electrons. The molecule has 0 spiro atoms. The highest BCUT2D eigenvalue weighted by Crippen LogP contribution is 2.61. The summed E-state index contributed by atoms with van der Waals surface area (Å²) >= 11 is 1.85. The summed E-state index contributed by atoms with van der Waals surface area (Å²) in [6, 6.07) is 14.1. The van der Waals surface area contributed by atoms with Crippen molar-refractivity contribution >= 4 is 50.7 Å². The third-order valence-corrected chi connectivity index (χ3v) is 10.1. The molecular formula is C31H49IN2O6S. The Balaban J connectivity index is 1.82. The lowest BCUT2D eigenvalue weighted by Gasteiger charge is -2.42. The average molecular weight is 705 g/mol. The topological polar surface area (TPSA) is 83.9 Å². The first-order valence-electron chi connectivity index (χ1n) is 14.7. The first kappa shape index (κ1) is 34.2. The molecule has 41 heavy (non-hydrogen) atoms. The fourth-order valence-electron chi connectivity index (χ4n) is 5.36. The minimum atomic E-state index is -2.98. The molecule has 1 aliphatic rings. The zero-order valence-electron chi connectivity index (χ0n) is 25.1. The van der Waals surface area contributed by atoms with Gasteiger partial charge in [-0.05, 0) is 55.3 Å². The summed E-state index contributed by atoms with van der Waals surface area (Å²) in [6.45, 7) is 8.27. The van der Waals surface area contributed by atoms with Gasteiger partial charge < -0.3 is 27.1 Å². The van der Waals surface area contributed by atoms with Crippen molar-refractivity contribution in [2.24, 2.45) is 5.41 Å². The number of ether oxygens (including phenoxy) is 3. The van der Waals surface area contributed by atoms with Gasteiger partial charge >= 0.3 is 0 Å². The predicted molar refractivity (Wildman–Crippen MR) is 179 cm³/mol. The lowest BCUT2D eigenvalue weighted by Crippen LogP contribution is -2.37. The molecule has 1 aliphatic heterocycles. The first-order valence-corrected chi connectivity index (χ1v) is 17.3. The fraction of sp³-hybridized carbons (Fsp3) is 0.613.